The number of nitrogens with zero attached hydrogens (tertiary/aromatic N) is 1. The van der Waals surface area contributed by atoms with Crippen LogP contribution in [0.1, 0.15) is 12.8 Å². The molecule has 2 rings (SSSR count). The van der Waals surface area contributed by atoms with Crippen molar-refractivity contribution < 1.29 is 22.7 Å². The largest absolute Gasteiger partial charge is 0.383 e. The molecule has 0 aromatic heterocycles. The summed E-state index contributed by atoms with van der Waals surface area (Å²) in [5.41, 5.74) is 0. The van der Waals surface area contributed by atoms with E-state index < -0.39 is 9.84 Å². The Balaban J connectivity index is 2.07. The Kier molecular flexibility index (Phi) is 4.64. The van der Waals surface area contributed by atoms with Crippen LogP contribution in [0.4, 0.5) is 0 Å². The lowest BCUT2D eigenvalue weighted by Crippen LogP contribution is -2.46. The van der Waals surface area contributed by atoms with E-state index in [0.29, 0.717) is 26.1 Å². The molecule has 1 N–H and O–H groups in total. The molecule has 0 spiro atoms. The monoisotopic (exact) mass is 304 g/mol. The van der Waals surface area contributed by atoms with E-state index in [1.54, 1.807) is 4.90 Å². The molecule has 8 heteroatoms. The first kappa shape index (κ1) is 15.2. The Hall–Kier alpha value is -1.15. The zero-order chi connectivity index (χ0) is 14.8. The Labute approximate surface area is 118 Å². The highest BCUT2D eigenvalue weighted by Gasteiger charge is 2.38. The maximum Gasteiger partial charge on any atom is 0.228 e. The Morgan fingerprint density at radius 3 is 2.75 bits per heavy atom. The fourth-order valence-corrected chi connectivity index (χ4v) is 4.43. The molecule has 0 bridgehead atoms. The predicted molar refractivity (Wildman–Crippen MR) is 71.8 cm³/mol. The van der Waals surface area contributed by atoms with E-state index in [-0.39, 0.29) is 41.7 Å². The average Bonchev–Trinajstić information content (AvgIpc) is 2.96. The lowest BCUT2D eigenvalue weighted by Gasteiger charge is -2.30. The van der Waals surface area contributed by atoms with Crippen molar-refractivity contribution >= 4 is 21.7 Å². The van der Waals surface area contributed by atoms with Crippen LogP contribution in [0.5, 0.6) is 0 Å². The third-order valence-corrected chi connectivity index (χ3v) is 5.55. The second-order valence-corrected chi connectivity index (χ2v) is 7.52. The summed E-state index contributed by atoms with van der Waals surface area (Å²) < 4.78 is 28.2. The average molecular weight is 304 g/mol. The number of carbonyl (C=O) groups excluding carboxylic acids is 2. The molecule has 2 heterocycles. The summed E-state index contributed by atoms with van der Waals surface area (Å²) >= 11 is 0. The van der Waals surface area contributed by atoms with Crippen LogP contribution in [0.2, 0.25) is 0 Å². The van der Waals surface area contributed by atoms with Crippen molar-refractivity contribution in [3.63, 3.8) is 0 Å². The van der Waals surface area contributed by atoms with Gasteiger partial charge in [0.15, 0.2) is 9.84 Å². The standard InChI is InChI=1S/C12H20N2O5S/c1-19-4-3-14(10-2-5-20(17,18)8-10)12(16)9-6-11(15)13-7-9/h9-10H,2-8H2,1H3,(H,13,15). The van der Waals surface area contributed by atoms with E-state index in [1.165, 1.54) is 7.11 Å². The van der Waals surface area contributed by atoms with Crippen molar-refractivity contribution in [2.45, 2.75) is 18.9 Å². The van der Waals surface area contributed by atoms with Gasteiger partial charge in [0, 0.05) is 32.7 Å². The number of amides is 2. The second-order valence-electron chi connectivity index (χ2n) is 5.29. The van der Waals surface area contributed by atoms with Crippen molar-refractivity contribution in [2.75, 3.05) is 38.3 Å². The number of rotatable bonds is 5. The molecule has 0 saturated carbocycles. The van der Waals surface area contributed by atoms with Crippen LogP contribution < -0.4 is 5.32 Å². The third-order valence-electron chi connectivity index (χ3n) is 3.80. The number of methoxy groups -OCH3 is 1. The minimum Gasteiger partial charge on any atom is -0.383 e. The molecule has 2 saturated heterocycles. The lowest BCUT2D eigenvalue weighted by molar-refractivity contribution is -0.138. The van der Waals surface area contributed by atoms with Gasteiger partial charge in [0.05, 0.1) is 24.0 Å². The van der Waals surface area contributed by atoms with Crippen molar-refractivity contribution in [1.82, 2.24) is 10.2 Å². The van der Waals surface area contributed by atoms with E-state index in [2.05, 4.69) is 5.32 Å². The zero-order valence-electron chi connectivity index (χ0n) is 11.5. The number of nitrogens with one attached hydrogen (secondary N) is 1. The van der Waals surface area contributed by atoms with Gasteiger partial charge in [-0.15, -0.1) is 0 Å². The molecule has 2 fully saturated rings. The first-order chi connectivity index (χ1) is 9.43. The molecule has 7 nitrogen and oxygen atoms in total. The second kappa shape index (κ2) is 6.09. The SMILES string of the molecule is COCCN(C(=O)C1CNC(=O)C1)C1CCS(=O)(=O)C1. The molecule has 0 radical (unpaired) electrons. The van der Waals surface area contributed by atoms with Crippen molar-refractivity contribution in [3.8, 4) is 0 Å². The Bertz CT molecular complexity index is 490. The molecule has 0 aromatic carbocycles. The fourth-order valence-electron chi connectivity index (χ4n) is 2.70. The highest BCUT2D eigenvalue weighted by molar-refractivity contribution is 7.91. The first-order valence-corrected chi connectivity index (χ1v) is 8.51. The smallest absolute Gasteiger partial charge is 0.228 e. The highest BCUT2D eigenvalue weighted by Crippen LogP contribution is 2.21. The molecule has 0 aliphatic carbocycles. The van der Waals surface area contributed by atoms with Crippen LogP contribution in [0.3, 0.4) is 0 Å². The van der Waals surface area contributed by atoms with Gasteiger partial charge in [0.2, 0.25) is 11.8 Å². The van der Waals surface area contributed by atoms with Crippen LogP contribution in [0.15, 0.2) is 0 Å². The third kappa shape index (κ3) is 3.49. The summed E-state index contributed by atoms with van der Waals surface area (Å²) in [6.07, 6.45) is 0.646. The molecule has 114 valence electrons. The molecule has 20 heavy (non-hydrogen) atoms. The summed E-state index contributed by atoms with van der Waals surface area (Å²) in [4.78, 5) is 25.3. The van der Waals surface area contributed by atoms with Crippen LogP contribution in [0, 0.1) is 5.92 Å². The summed E-state index contributed by atoms with van der Waals surface area (Å²) in [5, 5.41) is 2.63. The molecule has 0 aromatic rings. The van der Waals surface area contributed by atoms with Crippen molar-refractivity contribution in [2.24, 2.45) is 5.92 Å². The van der Waals surface area contributed by atoms with Crippen LogP contribution in [-0.4, -0.2) is 69.5 Å². The number of ether oxygens (including phenoxy) is 1. The fraction of sp³-hybridized carbons (Fsp3) is 0.833. The van der Waals surface area contributed by atoms with Crippen molar-refractivity contribution in [3.05, 3.63) is 0 Å². The normalized spacial score (nSPS) is 28.4. The van der Waals surface area contributed by atoms with Gasteiger partial charge in [-0.2, -0.15) is 0 Å². The van der Waals surface area contributed by atoms with Gasteiger partial charge >= 0.3 is 0 Å². The van der Waals surface area contributed by atoms with Crippen molar-refractivity contribution in [1.29, 1.82) is 0 Å². The zero-order valence-corrected chi connectivity index (χ0v) is 12.3. The minimum absolute atomic E-state index is 0.0105. The van der Waals surface area contributed by atoms with E-state index in [9.17, 15) is 18.0 Å². The van der Waals surface area contributed by atoms with E-state index in [0.717, 1.165) is 0 Å². The van der Waals surface area contributed by atoms with Crippen LogP contribution in [-0.2, 0) is 24.2 Å². The molecular formula is C12H20N2O5S. The Morgan fingerprint density at radius 1 is 1.50 bits per heavy atom. The van der Waals surface area contributed by atoms with Gasteiger partial charge in [-0.3, -0.25) is 9.59 Å². The lowest BCUT2D eigenvalue weighted by atomic mass is 10.1. The van der Waals surface area contributed by atoms with Gasteiger partial charge in [-0.25, -0.2) is 8.42 Å². The molecule has 2 aliphatic heterocycles. The highest BCUT2D eigenvalue weighted by atomic mass is 32.2. The molecule has 2 aliphatic rings. The molecular weight excluding hydrogens is 284 g/mol. The number of hydrogen-bond acceptors (Lipinski definition) is 5. The van der Waals surface area contributed by atoms with Gasteiger partial charge in [0.25, 0.3) is 0 Å². The van der Waals surface area contributed by atoms with Crippen LogP contribution >= 0.6 is 0 Å². The Morgan fingerprint density at radius 2 is 2.25 bits per heavy atom. The predicted octanol–water partition coefficient (Wildman–Crippen LogP) is -1.22. The summed E-state index contributed by atoms with van der Waals surface area (Å²) in [6, 6.07) is -0.293. The summed E-state index contributed by atoms with van der Waals surface area (Å²) in [7, 11) is -1.51. The molecule has 2 unspecified atom stereocenters. The molecule has 2 amide bonds. The van der Waals surface area contributed by atoms with E-state index in [4.69, 9.17) is 4.74 Å². The maximum absolute atomic E-state index is 12.5. The first-order valence-electron chi connectivity index (χ1n) is 6.69. The quantitative estimate of drug-likeness (QED) is 0.687. The number of carbonyl (C=O) groups is 2. The van der Waals surface area contributed by atoms with Gasteiger partial charge in [-0.05, 0) is 6.42 Å². The van der Waals surface area contributed by atoms with Gasteiger partial charge in [-0.1, -0.05) is 0 Å². The molecule has 2 atom stereocenters. The van der Waals surface area contributed by atoms with Crippen LogP contribution in [0.25, 0.3) is 0 Å². The van der Waals surface area contributed by atoms with Gasteiger partial charge < -0.3 is 15.0 Å². The van der Waals surface area contributed by atoms with E-state index in [1.807, 2.05) is 0 Å². The van der Waals surface area contributed by atoms with E-state index >= 15 is 0 Å². The summed E-state index contributed by atoms with van der Waals surface area (Å²) in [5.74, 6) is -0.536. The van der Waals surface area contributed by atoms with Gasteiger partial charge in [0.1, 0.15) is 0 Å². The number of sulfone groups is 1. The topological polar surface area (TPSA) is 92.8 Å². The minimum atomic E-state index is -3.05. The number of hydrogen-bond donors (Lipinski definition) is 1. The maximum atomic E-state index is 12.5. The summed E-state index contributed by atoms with van der Waals surface area (Å²) in [6.45, 7) is 1.05.